The first-order valence-corrected chi connectivity index (χ1v) is 6.69. The Bertz CT molecular complexity index is 559. The van der Waals surface area contributed by atoms with Crippen LogP contribution in [0.25, 0.3) is 11.3 Å². The molecular formula is C13H13Cl2N3. The molecule has 0 aliphatic carbocycles. The van der Waals surface area contributed by atoms with Crippen molar-refractivity contribution in [2.24, 2.45) is 0 Å². The van der Waals surface area contributed by atoms with Gasteiger partial charge in [0.15, 0.2) is 0 Å². The Hall–Kier alpha value is -1.03. The molecule has 0 spiro atoms. The molecule has 2 aromatic rings. The first-order chi connectivity index (χ1) is 8.75. The van der Waals surface area contributed by atoms with Gasteiger partial charge >= 0.3 is 0 Å². The summed E-state index contributed by atoms with van der Waals surface area (Å²) in [5.41, 5.74) is 1.96. The summed E-state index contributed by atoms with van der Waals surface area (Å²) in [6.07, 6.45) is 4.82. The summed E-state index contributed by atoms with van der Waals surface area (Å²) in [6.45, 7) is 2.02. The summed E-state index contributed by atoms with van der Waals surface area (Å²) in [7, 11) is 0. The summed E-state index contributed by atoms with van der Waals surface area (Å²) in [6, 6.07) is 5.95. The second kappa shape index (κ2) is 4.92. The van der Waals surface area contributed by atoms with Crippen molar-refractivity contribution in [3.63, 3.8) is 0 Å². The molecule has 1 atom stereocenters. The average Bonchev–Trinajstić information content (AvgIpc) is 3.00. The molecule has 2 heterocycles. The average molecular weight is 282 g/mol. The van der Waals surface area contributed by atoms with Crippen molar-refractivity contribution in [1.29, 1.82) is 0 Å². The minimum absolute atomic E-state index is 0.442. The molecule has 1 aliphatic heterocycles. The molecule has 0 bridgehead atoms. The van der Waals surface area contributed by atoms with Crippen LogP contribution in [-0.4, -0.2) is 22.6 Å². The third kappa shape index (κ3) is 2.14. The van der Waals surface area contributed by atoms with E-state index in [0.717, 1.165) is 30.8 Å². The van der Waals surface area contributed by atoms with Crippen LogP contribution in [0.5, 0.6) is 0 Å². The van der Waals surface area contributed by atoms with Gasteiger partial charge in [0.25, 0.3) is 0 Å². The van der Waals surface area contributed by atoms with Crippen LogP contribution in [-0.2, 0) is 0 Å². The highest BCUT2D eigenvalue weighted by atomic mass is 35.5. The zero-order chi connectivity index (χ0) is 12.5. The molecule has 18 heavy (non-hydrogen) atoms. The maximum absolute atomic E-state index is 6.25. The monoisotopic (exact) mass is 281 g/mol. The Morgan fingerprint density at radius 1 is 1.33 bits per heavy atom. The van der Waals surface area contributed by atoms with E-state index in [1.807, 2.05) is 24.7 Å². The minimum Gasteiger partial charge on any atom is -0.326 e. The molecule has 5 heteroatoms. The molecule has 94 valence electrons. The van der Waals surface area contributed by atoms with E-state index in [2.05, 4.69) is 14.9 Å². The van der Waals surface area contributed by atoms with E-state index in [9.17, 15) is 0 Å². The van der Waals surface area contributed by atoms with Crippen molar-refractivity contribution in [3.05, 3.63) is 40.8 Å². The molecule has 1 aromatic heterocycles. The van der Waals surface area contributed by atoms with Crippen LogP contribution in [0.15, 0.2) is 30.7 Å². The van der Waals surface area contributed by atoms with Crippen molar-refractivity contribution in [2.75, 3.05) is 13.1 Å². The van der Waals surface area contributed by atoms with Crippen LogP contribution in [0, 0.1) is 0 Å². The number of nitrogens with zero attached hydrogens (tertiary/aromatic N) is 2. The van der Waals surface area contributed by atoms with Crippen LogP contribution in [0.3, 0.4) is 0 Å². The summed E-state index contributed by atoms with van der Waals surface area (Å²) in [4.78, 5) is 4.25. The van der Waals surface area contributed by atoms with Crippen molar-refractivity contribution >= 4 is 23.2 Å². The van der Waals surface area contributed by atoms with E-state index in [4.69, 9.17) is 23.2 Å². The number of rotatable bonds is 2. The Morgan fingerprint density at radius 2 is 2.22 bits per heavy atom. The van der Waals surface area contributed by atoms with Gasteiger partial charge in [-0.2, -0.15) is 0 Å². The quantitative estimate of drug-likeness (QED) is 0.915. The van der Waals surface area contributed by atoms with Crippen molar-refractivity contribution in [2.45, 2.75) is 12.5 Å². The number of hydrogen-bond donors (Lipinski definition) is 1. The molecule has 3 nitrogen and oxygen atoms in total. The molecule has 1 saturated heterocycles. The van der Waals surface area contributed by atoms with Crippen LogP contribution in [0.4, 0.5) is 0 Å². The molecule has 3 rings (SSSR count). The number of hydrogen-bond acceptors (Lipinski definition) is 2. The van der Waals surface area contributed by atoms with Crippen LogP contribution in [0.2, 0.25) is 10.0 Å². The predicted molar refractivity (Wildman–Crippen MR) is 74.2 cm³/mol. The van der Waals surface area contributed by atoms with Gasteiger partial charge in [0.1, 0.15) is 0 Å². The standard InChI is InChI=1S/C13H13Cl2N3/c14-9-1-2-12(15)11(5-9)13-7-17-8-18(13)10-3-4-16-6-10/h1-2,5,7-8,10,16H,3-4,6H2. The molecule has 1 aliphatic rings. The Balaban J connectivity index is 2.06. The fourth-order valence-electron chi connectivity index (χ4n) is 2.37. The van der Waals surface area contributed by atoms with E-state index >= 15 is 0 Å². The van der Waals surface area contributed by atoms with Crippen LogP contribution >= 0.6 is 23.2 Å². The van der Waals surface area contributed by atoms with Gasteiger partial charge in [0, 0.05) is 23.2 Å². The topological polar surface area (TPSA) is 29.9 Å². The van der Waals surface area contributed by atoms with Gasteiger partial charge < -0.3 is 9.88 Å². The lowest BCUT2D eigenvalue weighted by atomic mass is 10.1. The first kappa shape index (κ1) is 12.0. The molecule has 1 fully saturated rings. The van der Waals surface area contributed by atoms with E-state index in [-0.39, 0.29) is 0 Å². The van der Waals surface area contributed by atoms with Gasteiger partial charge in [-0.05, 0) is 31.2 Å². The lowest BCUT2D eigenvalue weighted by Crippen LogP contribution is -2.13. The van der Waals surface area contributed by atoms with E-state index in [0.29, 0.717) is 16.1 Å². The molecule has 0 saturated carbocycles. The van der Waals surface area contributed by atoms with Crippen molar-refractivity contribution in [3.8, 4) is 11.3 Å². The molecule has 1 aromatic carbocycles. The molecule has 0 amide bonds. The largest absolute Gasteiger partial charge is 0.326 e. The summed E-state index contributed by atoms with van der Waals surface area (Å²) < 4.78 is 2.18. The fraction of sp³-hybridized carbons (Fsp3) is 0.308. The van der Waals surface area contributed by atoms with Gasteiger partial charge in [-0.3, -0.25) is 0 Å². The van der Waals surface area contributed by atoms with Gasteiger partial charge in [-0.1, -0.05) is 23.2 Å². The Labute approximate surface area is 116 Å². The summed E-state index contributed by atoms with van der Waals surface area (Å²) >= 11 is 12.3. The molecule has 1 unspecified atom stereocenters. The zero-order valence-electron chi connectivity index (χ0n) is 9.74. The molecule has 0 radical (unpaired) electrons. The summed E-state index contributed by atoms with van der Waals surface area (Å²) in [5.74, 6) is 0. The Kier molecular flexibility index (Phi) is 3.29. The summed E-state index contributed by atoms with van der Waals surface area (Å²) in [5, 5.41) is 4.75. The van der Waals surface area contributed by atoms with E-state index < -0.39 is 0 Å². The van der Waals surface area contributed by atoms with Crippen LogP contribution < -0.4 is 5.32 Å². The highest BCUT2D eigenvalue weighted by Gasteiger charge is 2.20. The van der Waals surface area contributed by atoms with Gasteiger partial charge in [-0.25, -0.2) is 4.98 Å². The van der Waals surface area contributed by atoms with Gasteiger partial charge in [0.2, 0.25) is 0 Å². The van der Waals surface area contributed by atoms with Gasteiger partial charge in [0.05, 0.1) is 23.2 Å². The lowest BCUT2D eigenvalue weighted by Gasteiger charge is -2.15. The zero-order valence-corrected chi connectivity index (χ0v) is 11.2. The SMILES string of the molecule is Clc1ccc(Cl)c(-c2cncn2C2CCNC2)c1. The van der Waals surface area contributed by atoms with Crippen molar-refractivity contribution in [1.82, 2.24) is 14.9 Å². The third-order valence-electron chi connectivity index (χ3n) is 3.30. The molecular weight excluding hydrogens is 269 g/mol. The second-order valence-corrected chi connectivity index (χ2v) is 5.30. The normalized spacial score (nSPS) is 19.3. The number of aromatic nitrogens is 2. The number of benzene rings is 1. The number of imidazole rings is 1. The maximum Gasteiger partial charge on any atom is 0.0954 e. The minimum atomic E-state index is 0.442. The van der Waals surface area contributed by atoms with Gasteiger partial charge in [-0.15, -0.1) is 0 Å². The smallest absolute Gasteiger partial charge is 0.0954 e. The van der Waals surface area contributed by atoms with E-state index in [1.165, 1.54) is 0 Å². The first-order valence-electron chi connectivity index (χ1n) is 5.93. The maximum atomic E-state index is 6.25. The van der Waals surface area contributed by atoms with Crippen molar-refractivity contribution < 1.29 is 0 Å². The highest BCUT2D eigenvalue weighted by Crippen LogP contribution is 2.32. The number of nitrogens with one attached hydrogen (secondary N) is 1. The predicted octanol–water partition coefficient (Wildman–Crippen LogP) is 3.39. The molecule has 1 N–H and O–H groups in total. The van der Waals surface area contributed by atoms with E-state index in [1.54, 1.807) is 6.07 Å². The Morgan fingerprint density at radius 3 is 3.00 bits per heavy atom. The second-order valence-electron chi connectivity index (χ2n) is 4.46. The highest BCUT2D eigenvalue weighted by molar-refractivity contribution is 6.35. The lowest BCUT2D eigenvalue weighted by molar-refractivity contribution is 0.551. The third-order valence-corrected chi connectivity index (χ3v) is 3.86. The fourth-order valence-corrected chi connectivity index (χ4v) is 2.76. The van der Waals surface area contributed by atoms with Crippen LogP contribution in [0.1, 0.15) is 12.5 Å². The number of halogens is 2.